The molecule has 1 fully saturated rings. The first-order valence-electron chi connectivity index (χ1n) is 5.49. The highest BCUT2D eigenvalue weighted by molar-refractivity contribution is 6.31. The molecule has 0 radical (unpaired) electrons. The predicted octanol–water partition coefficient (Wildman–Crippen LogP) is 2.96. The van der Waals surface area contributed by atoms with Crippen LogP contribution in [0.2, 0.25) is 5.02 Å². The smallest absolute Gasteiger partial charge is 0.0474 e. The maximum Gasteiger partial charge on any atom is 0.0474 e. The van der Waals surface area contributed by atoms with Gasteiger partial charge >= 0.3 is 0 Å². The first-order chi connectivity index (χ1) is 7.20. The number of hydrogen-bond donors (Lipinski definition) is 1. The number of nitrogens with zero attached hydrogens (tertiary/aromatic N) is 1. The lowest BCUT2D eigenvalue weighted by Gasteiger charge is -2.23. The van der Waals surface area contributed by atoms with Gasteiger partial charge in [0, 0.05) is 35.4 Å². The molecule has 1 atom stereocenters. The van der Waals surface area contributed by atoms with Crippen LogP contribution in [-0.4, -0.2) is 13.1 Å². The molecule has 0 bridgehead atoms. The Kier molecular flexibility index (Phi) is 3.17. The molecule has 0 saturated carbocycles. The average molecular weight is 225 g/mol. The van der Waals surface area contributed by atoms with Crippen LogP contribution in [0.1, 0.15) is 31.4 Å². The monoisotopic (exact) mass is 224 g/mol. The fourth-order valence-corrected chi connectivity index (χ4v) is 2.55. The van der Waals surface area contributed by atoms with E-state index in [0.29, 0.717) is 0 Å². The van der Waals surface area contributed by atoms with E-state index in [9.17, 15) is 0 Å². The van der Waals surface area contributed by atoms with Crippen molar-refractivity contribution < 1.29 is 0 Å². The Morgan fingerprint density at radius 1 is 1.33 bits per heavy atom. The van der Waals surface area contributed by atoms with E-state index in [-0.39, 0.29) is 6.04 Å². The van der Waals surface area contributed by atoms with Gasteiger partial charge in [-0.3, -0.25) is 0 Å². The second-order valence-corrected chi connectivity index (χ2v) is 4.56. The van der Waals surface area contributed by atoms with Gasteiger partial charge in [-0.2, -0.15) is 0 Å². The average Bonchev–Trinajstić information content (AvgIpc) is 2.69. The zero-order valence-corrected chi connectivity index (χ0v) is 9.80. The van der Waals surface area contributed by atoms with Crippen LogP contribution in [0.3, 0.4) is 0 Å². The molecule has 1 unspecified atom stereocenters. The zero-order chi connectivity index (χ0) is 10.8. The van der Waals surface area contributed by atoms with Crippen molar-refractivity contribution in [1.29, 1.82) is 0 Å². The van der Waals surface area contributed by atoms with Crippen molar-refractivity contribution in [3.63, 3.8) is 0 Å². The molecule has 0 amide bonds. The molecular formula is C12H17ClN2. The molecule has 1 heterocycles. The van der Waals surface area contributed by atoms with Crippen LogP contribution >= 0.6 is 11.6 Å². The van der Waals surface area contributed by atoms with Gasteiger partial charge in [-0.15, -0.1) is 0 Å². The van der Waals surface area contributed by atoms with Gasteiger partial charge in [0.15, 0.2) is 0 Å². The summed E-state index contributed by atoms with van der Waals surface area (Å²) in [6, 6.07) is 6.03. The highest BCUT2D eigenvalue weighted by Gasteiger charge is 2.18. The molecular weight excluding hydrogens is 208 g/mol. The maximum absolute atomic E-state index is 6.20. The minimum Gasteiger partial charge on any atom is -0.371 e. The molecule has 1 aliphatic heterocycles. The Bertz CT molecular complexity index is 343. The summed E-state index contributed by atoms with van der Waals surface area (Å²) in [4.78, 5) is 2.38. The molecule has 0 spiro atoms. The summed E-state index contributed by atoms with van der Waals surface area (Å²) < 4.78 is 0. The van der Waals surface area contributed by atoms with Crippen LogP contribution in [0.5, 0.6) is 0 Å². The minimum atomic E-state index is -0.00528. The number of benzene rings is 1. The van der Waals surface area contributed by atoms with Gasteiger partial charge in [0.25, 0.3) is 0 Å². The summed E-state index contributed by atoms with van der Waals surface area (Å²) >= 11 is 6.20. The van der Waals surface area contributed by atoms with Gasteiger partial charge in [-0.05, 0) is 31.9 Å². The third-order valence-corrected chi connectivity index (χ3v) is 3.26. The molecule has 0 aromatic heterocycles. The number of hydrogen-bond acceptors (Lipinski definition) is 2. The molecule has 1 saturated heterocycles. The normalized spacial score (nSPS) is 18.2. The standard InChI is InChI=1S/C12H17ClN2/c1-9(14)12-10(13)5-4-6-11(12)15-7-2-3-8-15/h4-6,9H,2-3,7-8,14H2,1H3. The SMILES string of the molecule is CC(N)c1c(Cl)cccc1N1CCCC1. The quantitative estimate of drug-likeness (QED) is 0.837. The van der Waals surface area contributed by atoms with Crippen molar-refractivity contribution in [3.8, 4) is 0 Å². The molecule has 1 aromatic carbocycles. The molecule has 15 heavy (non-hydrogen) atoms. The minimum absolute atomic E-state index is 0.00528. The molecule has 2 nitrogen and oxygen atoms in total. The van der Waals surface area contributed by atoms with Crippen LogP contribution in [0.15, 0.2) is 18.2 Å². The molecule has 1 aromatic rings. The van der Waals surface area contributed by atoms with Crippen LogP contribution in [0.4, 0.5) is 5.69 Å². The first kappa shape index (κ1) is 10.8. The largest absolute Gasteiger partial charge is 0.371 e. The fraction of sp³-hybridized carbons (Fsp3) is 0.500. The molecule has 2 rings (SSSR count). The van der Waals surface area contributed by atoms with Crippen LogP contribution in [-0.2, 0) is 0 Å². The van der Waals surface area contributed by atoms with E-state index in [0.717, 1.165) is 23.7 Å². The van der Waals surface area contributed by atoms with E-state index in [1.165, 1.54) is 18.5 Å². The van der Waals surface area contributed by atoms with Crippen LogP contribution in [0.25, 0.3) is 0 Å². The number of anilines is 1. The molecule has 0 aliphatic carbocycles. The lowest BCUT2D eigenvalue weighted by Crippen LogP contribution is -2.21. The third kappa shape index (κ3) is 2.11. The molecule has 1 aliphatic rings. The van der Waals surface area contributed by atoms with Crippen molar-refractivity contribution in [3.05, 3.63) is 28.8 Å². The van der Waals surface area contributed by atoms with Gasteiger partial charge in [-0.1, -0.05) is 17.7 Å². The van der Waals surface area contributed by atoms with Crippen molar-refractivity contribution in [2.24, 2.45) is 5.73 Å². The van der Waals surface area contributed by atoms with E-state index >= 15 is 0 Å². The Labute approximate surface area is 96.0 Å². The fourth-order valence-electron chi connectivity index (χ4n) is 2.21. The Morgan fingerprint density at radius 2 is 2.00 bits per heavy atom. The highest BCUT2D eigenvalue weighted by Crippen LogP contribution is 2.33. The first-order valence-corrected chi connectivity index (χ1v) is 5.87. The lowest BCUT2D eigenvalue weighted by atomic mass is 10.1. The Morgan fingerprint density at radius 3 is 2.60 bits per heavy atom. The molecule has 3 heteroatoms. The summed E-state index contributed by atoms with van der Waals surface area (Å²) in [6.45, 7) is 4.24. The van der Waals surface area contributed by atoms with E-state index in [4.69, 9.17) is 17.3 Å². The van der Waals surface area contributed by atoms with Gasteiger partial charge in [0.1, 0.15) is 0 Å². The Balaban J connectivity index is 2.40. The highest BCUT2D eigenvalue weighted by atomic mass is 35.5. The third-order valence-electron chi connectivity index (χ3n) is 2.93. The van der Waals surface area contributed by atoms with E-state index in [1.54, 1.807) is 0 Å². The van der Waals surface area contributed by atoms with Crippen molar-refractivity contribution in [2.75, 3.05) is 18.0 Å². The van der Waals surface area contributed by atoms with Crippen molar-refractivity contribution >= 4 is 17.3 Å². The van der Waals surface area contributed by atoms with Crippen molar-refractivity contribution in [1.82, 2.24) is 0 Å². The van der Waals surface area contributed by atoms with Gasteiger partial charge in [-0.25, -0.2) is 0 Å². The summed E-state index contributed by atoms with van der Waals surface area (Å²) in [5.41, 5.74) is 8.27. The van der Waals surface area contributed by atoms with E-state index in [2.05, 4.69) is 11.0 Å². The summed E-state index contributed by atoms with van der Waals surface area (Å²) in [5.74, 6) is 0. The maximum atomic E-state index is 6.20. The topological polar surface area (TPSA) is 29.3 Å². The Hall–Kier alpha value is -0.730. The van der Waals surface area contributed by atoms with Gasteiger partial charge < -0.3 is 10.6 Å². The predicted molar refractivity (Wildman–Crippen MR) is 65.5 cm³/mol. The number of halogens is 1. The number of nitrogens with two attached hydrogens (primary N) is 1. The lowest BCUT2D eigenvalue weighted by molar-refractivity contribution is 0.805. The summed E-state index contributed by atoms with van der Waals surface area (Å²) in [5, 5.41) is 0.786. The second-order valence-electron chi connectivity index (χ2n) is 4.16. The summed E-state index contributed by atoms with van der Waals surface area (Å²) in [7, 11) is 0. The van der Waals surface area contributed by atoms with Crippen molar-refractivity contribution in [2.45, 2.75) is 25.8 Å². The zero-order valence-electron chi connectivity index (χ0n) is 9.04. The van der Waals surface area contributed by atoms with Crippen LogP contribution in [0, 0.1) is 0 Å². The van der Waals surface area contributed by atoms with Crippen LogP contribution < -0.4 is 10.6 Å². The van der Waals surface area contributed by atoms with Gasteiger partial charge in [0.05, 0.1) is 0 Å². The van der Waals surface area contributed by atoms with E-state index in [1.807, 2.05) is 19.1 Å². The molecule has 82 valence electrons. The molecule has 2 N–H and O–H groups in total. The summed E-state index contributed by atoms with van der Waals surface area (Å²) in [6.07, 6.45) is 2.54. The second kappa shape index (κ2) is 4.42. The van der Waals surface area contributed by atoms with Gasteiger partial charge in [0.2, 0.25) is 0 Å². The van der Waals surface area contributed by atoms with E-state index < -0.39 is 0 Å². The number of rotatable bonds is 2.